The summed E-state index contributed by atoms with van der Waals surface area (Å²) >= 11 is 0. The molecule has 0 heterocycles. The van der Waals surface area contributed by atoms with E-state index in [9.17, 15) is 25.9 Å². The fourth-order valence-corrected chi connectivity index (χ4v) is 4.44. The first-order valence-corrected chi connectivity index (χ1v) is 8.87. The number of rotatable bonds is 2. The maximum absolute atomic E-state index is 11.5. The summed E-state index contributed by atoms with van der Waals surface area (Å²) in [5, 5.41) is 1.76. The summed E-state index contributed by atoms with van der Waals surface area (Å²) in [5.41, 5.74) is 0. The minimum atomic E-state index is -5.14. The van der Waals surface area contributed by atoms with Crippen LogP contribution in [0.25, 0.3) is 21.5 Å². The molecule has 3 aromatic carbocycles. The maximum atomic E-state index is 11.5. The van der Waals surface area contributed by atoms with Crippen LogP contribution in [0.4, 0.5) is 0 Å². The van der Waals surface area contributed by atoms with Gasteiger partial charge in [0.1, 0.15) is 20.2 Å². The Bertz CT molecular complexity index is 1120. The van der Waals surface area contributed by atoms with Gasteiger partial charge in [0.15, 0.2) is 0 Å². The van der Waals surface area contributed by atoms with Gasteiger partial charge in [-0.2, -0.15) is 0 Å². The van der Waals surface area contributed by atoms with E-state index in [1.807, 2.05) is 0 Å². The molecule has 0 aromatic heterocycles. The fraction of sp³-hybridized carbons (Fsp3) is 0. The van der Waals surface area contributed by atoms with E-state index in [0.29, 0.717) is 10.8 Å². The Kier molecular flexibility index (Phi) is 7.08. The topological polar surface area (TPSA) is 114 Å². The summed E-state index contributed by atoms with van der Waals surface area (Å²) in [5.74, 6) is 0. The molecule has 10 heteroatoms. The fourth-order valence-electron chi connectivity index (χ4n) is 2.50. The molecular formula is C14H8Na2O6S2. The monoisotopic (exact) mass is 382 g/mol. The zero-order valence-electron chi connectivity index (χ0n) is 12.9. The Morgan fingerprint density at radius 1 is 0.625 bits per heavy atom. The van der Waals surface area contributed by atoms with Crippen LogP contribution in [-0.2, 0) is 20.2 Å². The second-order valence-electron chi connectivity index (χ2n) is 4.68. The number of fused-ring (bicyclic) bond motifs is 3. The average molecular weight is 382 g/mol. The van der Waals surface area contributed by atoms with Crippen LogP contribution < -0.4 is 59.1 Å². The van der Waals surface area contributed by atoms with Crippen molar-refractivity contribution in [3.05, 3.63) is 48.5 Å². The summed E-state index contributed by atoms with van der Waals surface area (Å²) in [4.78, 5) is -2.02. The summed E-state index contributed by atoms with van der Waals surface area (Å²) in [6.45, 7) is 0. The summed E-state index contributed by atoms with van der Waals surface area (Å²) in [7, 11) is -10.2. The minimum absolute atomic E-state index is 0. The molecule has 3 rings (SSSR count). The first-order chi connectivity index (χ1) is 10.2. The van der Waals surface area contributed by atoms with Crippen molar-refractivity contribution in [2.24, 2.45) is 0 Å². The van der Waals surface area contributed by atoms with E-state index in [4.69, 9.17) is 0 Å². The summed E-state index contributed by atoms with van der Waals surface area (Å²) < 4.78 is 68.2. The maximum Gasteiger partial charge on any atom is 1.00 e. The van der Waals surface area contributed by atoms with Crippen LogP contribution in [0, 0.1) is 0 Å². The van der Waals surface area contributed by atoms with E-state index in [1.54, 1.807) is 30.3 Å². The zero-order chi connectivity index (χ0) is 16.1. The van der Waals surface area contributed by atoms with Gasteiger partial charge in [0.25, 0.3) is 0 Å². The van der Waals surface area contributed by atoms with Gasteiger partial charge in [-0.1, -0.05) is 42.5 Å². The van der Waals surface area contributed by atoms with E-state index in [-0.39, 0.29) is 64.5 Å². The standard InChI is InChI=1S/C14H10O6S2.2Na/c15-21(16,17)13-8-7-11-10-4-2-1-3-9(10)5-6-12(11)14(13)22(18,19)20;;/h1-8H,(H,15,16,17)(H,18,19,20);;/q;2*+1/p-2. The van der Waals surface area contributed by atoms with Gasteiger partial charge in [-0.25, -0.2) is 16.8 Å². The number of hydrogen-bond donors (Lipinski definition) is 0. The Morgan fingerprint density at radius 2 is 1.21 bits per heavy atom. The van der Waals surface area contributed by atoms with Crippen LogP contribution in [0.5, 0.6) is 0 Å². The molecule has 0 bridgehead atoms. The second kappa shape index (κ2) is 7.71. The number of hydrogen-bond acceptors (Lipinski definition) is 6. The third kappa shape index (κ3) is 4.04. The van der Waals surface area contributed by atoms with Crippen molar-refractivity contribution < 1.29 is 85.1 Å². The van der Waals surface area contributed by atoms with Crippen molar-refractivity contribution in [3.8, 4) is 0 Å². The smallest absolute Gasteiger partial charge is 0.744 e. The molecule has 3 aromatic rings. The molecule has 0 saturated carbocycles. The van der Waals surface area contributed by atoms with E-state index < -0.39 is 30.0 Å². The van der Waals surface area contributed by atoms with Crippen molar-refractivity contribution in [2.45, 2.75) is 9.79 Å². The molecule has 0 N–H and O–H groups in total. The van der Waals surface area contributed by atoms with Gasteiger partial charge in [0.05, 0.1) is 9.79 Å². The first-order valence-electron chi connectivity index (χ1n) is 6.06. The van der Waals surface area contributed by atoms with E-state index in [2.05, 4.69) is 0 Å². The molecular weight excluding hydrogens is 374 g/mol. The van der Waals surface area contributed by atoms with Crippen molar-refractivity contribution in [2.75, 3.05) is 0 Å². The van der Waals surface area contributed by atoms with Crippen molar-refractivity contribution in [1.82, 2.24) is 0 Å². The molecule has 0 aliphatic rings. The van der Waals surface area contributed by atoms with Crippen LogP contribution in [0.3, 0.4) is 0 Å². The molecule has 0 aliphatic carbocycles. The van der Waals surface area contributed by atoms with E-state index in [1.165, 1.54) is 12.1 Å². The molecule has 0 fully saturated rings. The van der Waals surface area contributed by atoms with Crippen LogP contribution in [-0.4, -0.2) is 25.9 Å². The van der Waals surface area contributed by atoms with Crippen molar-refractivity contribution in [3.63, 3.8) is 0 Å². The molecule has 0 atom stereocenters. The van der Waals surface area contributed by atoms with Gasteiger partial charge in [-0.3, -0.25) is 0 Å². The summed E-state index contributed by atoms with van der Waals surface area (Å²) in [6, 6.07) is 12.1. The van der Waals surface area contributed by atoms with Crippen molar-refractivity contribution in [1.29, 1.82) is 0 Å². The quantitative estimate of drug-likeness (QED) is 0.252. The molecule has 24 heavy (non-hydrogen) atoms. The van der Waals surface area contributed by atoms with Gasteiger partial charge in [-0.15, -0.1) is 0 Å². The van der Waals surface area contributed by atoms with Gasteiger partial charge in [-0.05, 0) is 22.2 Å². The Balaban J connectivity index is 0.00000144. The predicted octanol–water partition coefficient (Wildman–Crippen LogP) is -4.19. The second-order valence-corrected chi connectivity index (χ2v) is 7.35. The van der Waals surface area contributed by atoms with Crippen LogP contribution in [0.2, 0.25) is 0 Å². The van der Waals surface area contributed by atoms with Gasteiger partial charge < -0.3 is 9.11 Å². The molecule has 0 radical (unpaired) electrons. The molecule has 6 nitrogen and oxygen atoms in total. The van der Waals surface area contributed by atoms with Crippen LogP contribution >= 0.6 is 0 Å². The zero-order valence-corrected chi connectivity index (χ0v) is 18.5. The Hall–Kier alpha value is 0.000000000000000888. The first kappa shape index (κ1) is 22.0. The van der Waals surface area contributed by atoms with Crippen LogP contribution in [0.1, 0.15) is 0 Å². The molecule has 0 saturated heterocycles. The normalized spacial score (nSPS) is 11.8. The molecule has 0 amide bonds. The Labute approximate surface area is 183 Å². The molecule has 0 spiro atoms. The van der Waals surface area contributed by atoms with Gasteiger partial charge in [0, 0.05) is 5.39 Å². The molecule has 0 aliphatic heterocycles. The van der Waals surface area contributed by atoms with Crippen LogP contribution in [0.15, 0.2) is 58.3 Å². The van der Waals surface area contributed by atoms with E-state index in [0.717, 1.165) is 11.5 Å². The van der Waals surface area contributed by atoms with Crippen molar-refractivity contribution >= 4 is 41.8 Å². The average Bonchev–Trinajstić information content (AvgIpc) is 2.43. The SMILES string of the molecule is O=S(=O)([O-])c1ccc2c(ccc3ccccc32)c1S(=O)(=O)[O-].[Na+].[Na+]. The molecule has 0 unspecified atom stereocenters. The largest absolute Gasteiger partial charge is 1.00 e. The predicted molar refractivity (Wildman–Crippen MR) is 77.4 cm³/mol. The third-order valence-corrected chi connectivity index (χ3v) is 5.31. The molecule has 114 valence electrons. The summed E-state index contributed by atoms with van der Waals surface area (Å²) in [6.07, 6.45) is 0. The minimum Gasteiger partial charge on any atom is -0.744 e. The van der Waals surface area contributed by atoms with E-state index >= 15 is 0 Å². The third-order valence-electron chi connectivity index (χ3n) is 3.36. The Morgan fingerprint density at radius 3 is 1.79 bits per heavy atom. The number of benzene rings is 3. The van der Waals surface area contributed by atoms with Gasteiger partial charge >= 0.3 is 59.1 Å². The van der Waals surface area contributed by atoms with Gasteiger partial charge in [0.2, 0.25) is 0 Å².